The first-order valence-electron chi connectivity index (χ1n) is 11.6. The van der Waals surface area contributed by atoms with Crippen LogP contribution in [0.4, 0.5) is 11.4 Å². The van der Waals surface area contributed by atoms with Gasteiger partial charge in [-0.1, -0.05) is 42.8 Å². The topological polar surface area (TPSA) is 92.8 Å². The predicted octanol–water partition coefficient (Wildman–Crippen LogP) is 3.75. The van der Waals surface area contributed by atoms with Gasteiger partial charge in [-0.15, -0.1) is 0 Å². The summed E-state index contributed by atoms with van der Waals surface area (Å²) in [6.07, 6.45) is 3.75. The van der Waals surface area contributed by atoms with E-state index in [1.54, 1.807) is 18.2 Å². The van der Waals surface area contributed by atoms with Crippen molar-refractivity contribution in [1.82, 2.24) is 0 Å². The number of carbonyl (C=O) groups is 4. The highest BCUT2D eigenvalue weighted by atomic mass is 16.5. The van der Waals surface area contributed by atoms with Gasteiger partial charge in [0.2, 0.25) is 11.8 Å². The number of para-hydroxylation sites is 1. The first-order chi connectivity index (χ1) is 16.4. The number of nitrogens with one attached hydrogen (secondary N) is 1. The van der Waals surface area contributed by atoms with Crippen LogP contribution in [-0.4, -0.2) is 30.3 Å². The first kappa shape index (κ1) is 22.1. The molecule has 1 heterocycles. The summed E-state index contributed by atoms with van der Waals surface area (Å²) in [6, 6.07) is 13.7. The number of nitrogens with zero attached hydrogens (tertiary/aromatic N) is 1. The van der Waals surface area contributed by atoms with Crippen molar-refractivity contribution in [3.05, 3.63) is 71.3 Å². The predicted molar refractivity (Wildman–Crippen MR) is 126 cm³/mol. The van der Waals surface area contributed by atoms with Gasteiger partial charge in [0.25, 0.3) is 5.91 Å². The molecule has 0 unspecified atom stereocenters. The van der Waals surface area contributed by atoms with Gasteiger partial charge in [-0.2, -0.15) is 0 Å². The van der Waals surface area contributed by atoms with E-state index in [2.05, 4.69) is 11.4 Å². The first-order valence-corrected chi connectivity index (χ1v) is 11.6. The minimum atomic E-state index is -0.697. The van der Waals surface area contributed by atoms with Crippen molar-refractivity contribution < 1.29 is 23.9 Å². The van der Waals surface area contributed by atoms with E-state index < -0.39 is 18.5 Å². The molecule has 2 aromatic carbocycles. The summed E-state index contributed by atoms with van der Waals surface area (Å²) in [7, 11) is 0. The van der Waals surface area contributed by atoms with Crippen LogP contribution in [0.15, 0.2) is 60.2 Å². The van der Waals surface area contributed by atoms with E-state index >= 15 is 0 Å². The van der Waals surface area contributed by atoms with Crippen LogP contribution in [0.25, 0.3) is 0 Å². The molecular weight excluding hydrogens is 432 g/mol. The van der Waals surface area contributed by atoms with Gasteiger partial charge in [-0.3, -0.25) is 14.4 Å². The van der Waals surface area contributed by atoms with Crippen LogP contribution in [0.5, 0.6) is 0 Å². The van der Waals surface area contributed by atoms with Crippen molar-refractivity contribution in [3.8, 4) is 0 Å². The Morgan fingerprint density at radius 1 is 1.06 bits per heavy atom. The second kappa shape index (κ2) is 8.56. The molecule has 7 heteroatoms. The molecule has 2 aliphatic carbocycles. The van der Waals surface area contributed by atoms with Crippen LogP contribution < -0.4 is 10.2 Å². The lowest BCUT2D eigenvalue weighted by atomic mass is 9.82. The maximum absolute atomic E-state index is 13.2. The summed E-state index contributed by atoms with van der Waals surface area (Å²) in [6.45, 7) is 3.57. The number of ether oxygens (including phenoxy) is 1. The molecular formula is C27H26N2O5. The Morgan fingerprint density at radius 3 is 2.62 bits per heavy atom. The number of fused-ring (bicyclic) bond motifs is 5. The van der Waals surface area contributed by atoms with E-state index in [0.29, 0.717) is 11.4 Å². The van der Waals surface area contributed by atoms with Crippen LogP contribution in [0.3, 0.4) is 0 Å². The van der Waals surface area contributed by atoms with Crippen molar-refractivity contribution in [1.29, 1.82) is 0 Å². The quantitative estimate of drug-likeness (QED) is 0.404. The largest absolute Gasteiger partial charge is 0.452 e. The number of hydrogen-bond acceptors (Lipinski definition) is 5. The number of allylic oxidation sites excluding steroid dienone is 2. The molecule has 7 nitrogen and oxygen atoms in total. The monoisotopic (exact) mass is 458 g/mol. The number of aryl methyl sites for hydroxylation is 1. The minimum absolute atomic E-state index is 0.112. The fourth-order valence-corrected chi connectivity index (χ4v) is 5.65. The summed E-state index contributed by atoms with van der Waals surface area (Å²) >= 11 is 0. The van der Waals surface area contributed by atoms with Gasteiger partial charge in [0.1, 0.15) is 0 Å². The average molecular weight is 459 g/mol. The number of amides is 3. The second-order valence-corrected chi connectivity index (χ2v) is 9.17. The Hall–Kier alpha value is -3.74. The lowest BCUT2D eigenvalue weighted by molar-refractivity contribution is -0.123. The maximum atomic E-state index is 13.2. The van der Waals surface area contributed by atoms with Gasteiger partial charge in [0.15, 0.2) is 6.61 Å². The molecule has 34 heavy (non-hydrogen) atoms. The Kier molecular flexibility index (Phi) is 5.55. The molecule has 1 saturated carbocycles. The molecule has 0 spiro atoms. The number of anilines is 2. The molecule has 2 fully saturated rings. The number of esters is 1. The van der Waals surface area contributed by atoms with Crippen LogP contribution in [0, 0.1) is 23.7 Å². The van der Waals surface area contributed by atoms with Crippen molar-refractivity contribution in [2.45, 2.75) is 26.7 Å². The zero-order chi connectivity index (χ0) is 24.0. The van der Waals surface area contributed by atoms with Gasteiger partial charge in [-0.05, 0) is 61.4 Å². The Bertz CT molecular complexity index is 1230. The third-order valence-corrected chi connectivity index (χ3v) is 7.23. The SMILES string of the molecule is CCc1ccccc1NC(=O)COC(=O)c1cccc(N2C(=O)[C@@H]3[C@@H](C2=O)[C@H]2C=C(C)[C@H]3C2)c1. The highest BCUT2D eigenvalue weighted by Crippen LogP contribution is 2.55. The number of hydrogen-bond donors (Lipinski definition) is 1. The molecule has 1 aliphatic heterocycles. The molecule has 174 valence electrons. The van der Waals surface area contributed by atoms with Crippen molar-refractivity contribution in [2.24, 2.45) is 23.7 Å². The maximum Gasteiger partial charge on any atom is 0.338 e. The van der Waals surface area contributed by atoms with Crippen LogP contribution in [0.2, 0.25) is 0 Å². The molecule has 0 aromatic heterocycles. The third-order valence-electron chi connectivity index (χ3n) is 7.23. The van der Waals surface area contributed by atoms with Gasteiger partial charge < -0.3 is 10.1 Å². The fourth-order valence-electron chi connectivity index (χ4n) is 5.65. The van der Waals surface area contributed by atoms with Crippen LogP contribution in [0.1, 0.15) is 36.2 Å². The van der Waals surface area contributed by atoms with Gasteiger partial charge >= 0.3 is 5.97 Å². The van der Waals surface area contributed by atoms with E-state index in [1.165, 1.54) is 22.6 Å². The summed E-state index contributed by atoms with van der Waals surface area (Å²) in [5, 5.41) is 2.76. The van der Waals surface area contributed by atoms with Crippen LogP contribution >= 0.6 is 0 Å². The second-order valence-electron chi connectivity index (χ2n) is 9.17. The number of rotatable bonds is 6. The highest BCUT2D eigenvalue weighted by molar-refractivity contribution is 6.23. The standard InChI is InChI=1S/C27H26N2O5/c1-3-16-7-4-5-10-21(16)28-22(30)14-34-27(33)17-8-6-9-19(12-17)29-25(31)23-18-11-15(2)20(13-18)24(23)26(29)32/h4-12,18,20,23-24H,3,13-14H2,1-2H3,(H,28,30)/t18-,20+,23-,24-/m0/s1. The number of imide groups is 1. The fraction of sp³-hybridized carbons (Fsp3) is 0.333. The number of benzene rings is 2. The lowest BCUT2D eigenvalue weighted by Crippen LogP contribution is -2.33. The van der Waals surface area contributed by atoms with E-state index in [4.69, 9.17) is 4.74 Å². The molecule has 3 amide bonds. The van der Waals surface area contributed by atoms with E-state index in [-0.39, 0.29) is 41.0 Å². The van der Waals surface area contributed by atoms with Gasteiger partial charge in [-0.25, -0.2) is 9.69 Å². The normalized spacial score (nSPS) is 24.8. The highest BCUT2D eigenvalue weighted by Gasteiger charge is 2.60. The molecule has 0 radical (unpaired) electrons. The van der Waals surface area contributed by atoms with E-state index in [1.807, 2.05) is 32.0 Å². The zero-order valence-electron chi connectivity index (χ0n) is 19.1. The summed E-state index contributed by atoms with van der Waals surface area (Å²) in [5.74, 6) is -1.93. The van der Waals surface area contributed by atoms with E-state index in [0.717, 1.165) is 18.4 Å². The molecule has 4 atom stereocenters. The zero-order valence-corrected chi connectivity index (χ0v) is 19.1. The Balaban J connectivity index is 1.26. The minimum Gasteiger partial charge on any atom is -0.452 e. The Labute approximate surface area is 197 Å². The molecule has 1 saturated heterocycles. The van der Waals surface area contributed by atoms with Crippen molar-refractivity contribution in [3.63, 3.8) is 0 Å². The van der Waals surface area contributed by atoms with Crippen molar-refractivity contribution in [2.75, 3.05) is 16.8 Å². The average Bonchev–Trinajstić information content (AvgIpc) is 3.48. The summed E-state index contributed by atoms with van der Waals surface area (Å²) < 4.78 is 5.19. The summed E-state index contributed by atoms with van der Waals surface area (Å²) in [5.41, 5.74) is 3.39. The van der Waals surface area contributed by atoms with Crippen LogP contribution in [-0.2, 0) is 25.5 Å². The lowest BCUT2D eigenvalue weighted by Gasteiger charge is -2.19. The van der Waals surface area contributed by atoms with Crippen molar-refractivity contribution >= 4 is 35.1 Å². The smallest absolute Gasteiger partial charge is 0.338 e. The number of carbonyl (C=O) groups excluding carboxylic acids is 4. The molecule has 2 bridgehead atoms. The van der Waals surface area contributed by atoms with Gasteiger partial charge in [0, 0.05) is 5.69 Å². The molecule has 2 aromatic rings. The molecule has 5 rings (SSSR count). The molecule has 3 aliphatic rings. The van der Waals surface area contributed by atoms with Gasteiger partial charge in [0.05, 0.1) is 23.1 Å². The summed E-state index contributed by atoms with van der Waals surface area (Å²) in [4.78, 5) is 52.4. The Morgan fingerprint density at radius 2 is 1.82 bits per heavy atom. The third kappa shape index (κ3) is 3.61. The molecule has 1 N–H and O–H groups in total. The van der Waals surface area contributed by atoms with E-state index in [9.17, 15) is 19.2 Å².